The highest BCUT2D eigenvalue weighted by atomic mass is 19.3. The number of hydrogen-bond donors (Lipinski definition) is 0. The summed E-state index contributed by atoms with van der Waals surface area (Å²) in [6.07, 6.45) is 1.51. The summed E-state index contributed by atoms with van der Waals surface area (Å²) in [6, 6.07) is -4.30. The molecule has 2 aliphatic heterocycles. The maximum atomic E-state index is 13.7. The number of ether oxygens (including phenoxy) is 1. The topological polar surface area (TPSA) is 68.0 Å². The maximum absolute atomic E-state index is 13.7. The molecule has 8 heteroatoms. The van der Waals surface area contributed by atoms with E-state index in [1.54, 1.807) is 6.92 Å². The number of aliphatic imine (C=N–C) groups is 1. The zero-order valence-electron chi connectivity index (χ0n) is 11.6. The van der Waals surface area contributed by atoms with Gasteiger partial charge in [-0.2, -0.15) is 0 Å². The van der Waals surface area contributed by atoms with Crippen molar-refractivity contribution in [3.8, 4) is 0 Å². The van der Waals surface area contributed by atoms with Gasteiger partial charge in [0, 0.05) is 25.0 Å². The fraction of sp³-hybridized carbons (Fsp3) is 0.917. The van der Waals surface area contributed by atoms with E-state index in [1.807, 2.05) is 6.92 Å². The van der Waals surface area contributed by atoms with Gasteiger partial charge in [-0.25, -0.2) is 0 Å². The predicted molar refractivity (Wildman–Crippen MR) is 68.5 cm³/mol. The average molecular weight is 291 g/mol. The number of halogens is 2. The molecule has 2 rings (SSSR count). The van der Waals surface area contributed by atoms with Crippen LogP contribution in [0.2, 0.25) is 0 Å². The third kappa shape index (κ3) is 2.89. The van der Waals surface area contributed by atoms with Crippen molar-refractivity contribution < 1.29 is 18.4 Å². The molecule has 3 atom stereocenters. The van der Waals surface area contributed by atoms with Gasteiger partial charge in [0.2, 0.25) is 0 Å². The molecular formula is C12H19F2N3O3. The molecule has 114 valence electrons. The zero-order valence-corrected chi connectivity index (χ0v) is 11.6. The van der Waals surface area contributed by atoms with Crippen LogP contribution in [0.1, 0.15) is 26.7 Å². The summed E-state index contributed by atoms with van der Waals surface area (Å²) in [6.45, 7) is 4.76. The molecular weight excluding hydrogens is 272 g/mol. The normalized spacial score (nSPS) is 31.3. The van der Waals surface area contributed by atoms with E-state index in [0.717, 1.165) is 6.42 Å². The molecule has 3 unspecified atom stereocenters. The van der Waals surface area contributed by atoms with Crippen molar-refractivity contribution in [2.24, 2.45) is 10.9 Å². The Kier molecular flexibility index (Phi) is 4.22. The van der Waals surface area contributed by atoms with Gasteiger partial charge in [0.25, 0.3) is 5.84 Å². The Bertz CT molecular complexity index is 417. The standard InChI is InChI=1S/C12H19F2N3O3/c1-8-3-4-15-11(12(13,14)17(18)19)16(8)6-10-5-9(2)20-7-10/h8-10H,3-7H2,1-2H3. The van der Waals surface area contributed by atoms with Crippen molar-refractivity contribution in [3.63, 3.8) is 0 Å². The van der Waals surface area contributed by atoms with E-state index in [-0.39, 0.29) is 24.6 Å². The number of hydrogen-bond acceptors (Lipinski definition) is 5. The Labute approximate surface area is 115 Å². The van der Waals surface area contributed by atoms with Gasteiger partial charge in [-0.15, -0.1) is 8.78 Å². The van der Waals surface area contributed by atoms with Gasteiger partial charge in [0.05, 0.1) is 12.7 Å². The second-order valence-corrected chi connectivity index (χ2v) is 5.54. The SMILES string of the molecule is CC1CC(CN2C(C(F)(F)[N+](=O)[O-])=NCCC2C)CO1. The third-order valence-corrected chi connectivity index (χ3v) is 3.85. The van der Waals surface area contributed by atoms with Gasteiger partial charge >= 0.3 is 6.05 Å². The highest BCUT2D eigenvalue weighted by Gasteiger charge is 2.55. The molecule has 0 saturated carbocycles. The predicted octanol–water partition coefficient (Wildman–Crippen LogP) is 1.77. The second kappa shape index (κ2) is 5.59. The van der Waals surface area contributed by atoms with Crippen LogP contribution in [-0.2, 0) is 4.74 Å². The quantitative estimate of drug-likeness (QED) is 0.450. The summed E-state index contributed by atoms with van der Waals surface area (Å²) in [5.41, 5.74) is 0. The Balaban J connectivity index is 2.16. The molecule has 20 heavy (non-hydrogen) atoms. The third-order valence-electron chi connectivity index (χ3n) is 3.85. The molecule has 0 aromatic carbocycles. The largest absolute Gasteiger partial charge is 0.572 e. The molecule has 1 saturated heterocycles. The van der Waals surface area contributed by atoms with Gasteiger partial charge < -0.3 is 9.64 Å². The van der Waals surface area contributed by atoms with Crippen LogP contribution in [0.25, 0.3) is 0 Å². The molecule has 0 bridgehead atoms. The molecule has 2 heterocycles. The lowest BCUT2D eigenvalue weighted by molar-refractivity contribution is -0.618. The summed E-state index contributed by atoms with van der Waals surface area (Å²) < 4.78 is 32.8. The van der Waals surface area contributed by atoms with Crippen LogP contribution in [0.5, 0.6) is 0 Å². The summed E-state index contributed by atoms with van der Waals surface area (Å²) in [5.74, 6) is -0.598. The van der Waals surface area contributed by atoms with E-state index >= 15 is 0 Å². The first-order chi connectivity index (χ1) is 9.32. The average Bonchev–Trinajstić information content (AvgIpc) is 2.77. The first-order valence-corrected chi connectivity index (χ1v) is 6.77. The molecule has 6 nitrogen and oxygen atoms in total. The fourth-order valence-electron chi connectivity index (χ4n) is 2.74. The van der Waals surface area contributed by atoms with Crippen molar-refractivity contribution in [1.29, 1.82) is 0 Å². The van der Waals surface area contributed by atoms with Gasteiger partial charge in [-0.1, -0.05) is 0 Å². The Morgan fingerprint density at radius 2 is 2.25 bits per heavy atom. The van der Waals surface area contributed by atoms with E-state index in [9.17, 15) is 18.9 Å². The lowest BCUT2D eigenvalue weighted by Gasteiger charge is -2.36. The van der Waals surface area contributed by atoms with E-state index in [1.165, 1.54) is 4.90 Å². The summed E-state index contributed by atoms with van der Waals surface area (Å²) >= 11 is 0. The Morgan fingerprint density at radius 3 is 2.80 bits per heavy atom. The highest BCUT2D eigenvalue weighted by Crippen LogP contribution is 2.28. The molecule has 2 aliphatic rings. The van der Waals surface area contributed by atoms with Crippen molar-refractivity contribution in [2.75, 3.05) is 19.7 Å². The zero-order chi connectivity index (χ0) is 14.9. The smallest absolute Gasteiger partial charge is 0.378 e. The number of nitrogens with zero attached hydrogens (tertiary/aromatic N) is 3. The van der Waals surface area contributed by atoms with Crippen LogP contribution < -0.4 is 0 Å². The lowest BCUT2D eigenvalue weighted by atomic mass is 10.0. The van der Waals surface area contributed by atoms with E-state index in [2.05, 4.69) is 4.99 Å². The number of alkyl halides is 2. The van der Waals surface area contributed by atoms with Crippen LogP contribution in [0.4, 0.5) is 8.78 Å². The monoisotopic (exact) mass is 291 g/mol. The minimum absolute atomic E-state index is 0.108. The molecule has 0 aliphatic carbocycles. The minimum atomic E-state index is -4.13. The minimum Gasteiger partial charge on any atom is -0.378 e. The summed E-state index contributed by atoms with van der Waals surface area (Å²) in [4.78, 5) is 14.1. The van der Waals surface area contributed by atoms with E-state index in [0.29, 0.717) is 19.6 Å². The van der Waals surface area contributed by atoms with Crippen molar-refractivity contribution >= 4 is 5.84 Å². The number of nitro groups is 1. The van der Waals surface area contributed by atoms with Gasteiger partial charge in [-0.05, 0) is 26.7 Å². The summed E-state index contributed by atoms with van der Waals surface area (Å²) in [7, 11) is 0. The van der Waals surface area contributed by atoms with E-state index < -0.39 is 16.8 Å². The van der Waals surface area contributed by atoms with Crippen molar-refractivity contribution in [1.82, 2.24) is 4.90 Å². The van der Waals surface area contributed by atoms with Crippen LogP contribution in [0.15, 0.2) is 4.99 Å². The van der Waals surface area contributed by atoms with Crippen molar-refractivity contribution in [2.45, 2.75) is 44.9 Å². The Hall–Kier alpha value is -1.31. The maximum Gasteiger partial charge on any atom is 0.572 e. The van der Waals surface area contributed by atoms with Crippen LogP contribution in [-0.4, -0.2) is 53.5 Å². The highest BCUT2D eigenvalue weighted by molar-refractivity contribution is 5.88. The first-order valence-electron chi connectivity index (χ1n) is 6.77. The number of rotatable bonds is 4. The van der Waals surface area contributed by atoms with Crippen LogP contribution in [0.3, 0.4) is 0 Å². The molecule has 0 spiro atoms. The fourth-order valence-corrected chi connectivity index (χ4v) is 2.74. The van der Waals surface area contributed by atoms with Gasteiger partial charge in [0.1, 0.15) is 4.92 Å². The Morgan fingerprint density at radius 1 is 1.55 bits per heavy atom. The van der Waals surface area contributed by atoms with Gasteiger partial charge in [0.15, 0.2) is 0 Å². The summed E-state index contributed by atoms with van der Waals surface area (Å²) in [5, 5.41) is 10.6. The molecule has 0 aromatic rings. The first kappa shape index (κ1) is 15.1. The lowest BCUT2D eigenvalue weighted by Crippen LogP contribution is -2.55. The number of amidine groups is 1. The molecule has 0 amide bonds. The van der Waals surface area contributed by atoms with Crippen LogP contribution >= 0.6 is 0 Å². The second-order valence-electron chi connectivity index (χ2n) is 5.54. The van der Waals surface area contributed by atoms with Gasteiger partial charge in [-0.3, -0.25) is 15.1 Å². The molecule has 0 radical (unpaired) electrons. The van der Waals surface area contributed by atoms with Crippen molar-refractivity contribution in [3.05, 3.63) is 10.1 Å². The van der Waals surface area contributed by atoms with Crippen LogP contribution in [0, 0.1) is 16.0 Å². The molecule has 0 aromatic heterocycles. The van der Waals surface area contributed by atoms with E-state index in [4.69, 9.17) is 4.74 Å². The molecule has 1 fully saturated rings. The molecule has 0 N–H and O–H groups in total.